The van der Waals surface area contributed by atoms with Crippen molar-refractivity contribution in [2.45, 2.75) is 12.3 Å². The topological polar surface area (TPSA) is 65.1 Å². The van der Waals surface area contributed by atoms with Gasteiger partial charge in [-0.2, -0.15) is 13.2 Å². The molecule has 1 heterocycles. The maximum atomic E-state index is 12.7. The highest BCUT2D eigenvalue weighted by atomic mass is 35.5. The lowest BCUT2D eigenvalue weighted by atomic mass is 10.1. The number of hydrogen-bond acceptors (Lipinski definition) is 2. The Balaban J connectivity index is 1.70. The number of fused-ring (bicyclic) bond motifs is 1. The fourth-order valence-electron chi connectivity index (χ4n) is 2.51. The second-order valence-electron chi connectivity index (χ2n) is 5.76. The van der Waals surface area contributed by atoms with E-state index < -0.39 is 23.8 Å². The number of benzene rings is 2. The zero-order valence-corrected chi connectivity index (χ0v) is 14.0. The molecule has 0 spiro atoms. The number of H-pyrrole nitrogens is 1. The smallest absolute Gasteiger partial charge is 0.387 e. The van der Waals surface area contributed by atoms with Gasteiger partial charge in [0.05, 0.1) is 11.7 Å². The van der Waals surface area contributed by atoms with Crippen molar-refractivity contribution in [3.05, 3.63) is 70.4 Å². The van der Waals surface area contributed by atoms with Crippen LogP contribution in [-0.4, -0.2) is 22.5 Å². The molecule has 0 aliphatic heterocycles. The lowest BCUT2D eigenvalue weighted by Crippen LogP contribution is -2.28. The maximum absolute atomic E-state index is 12.7. The summed E-state index contributed by atoms with van der Waals surface area (Å²) < 4.78 is 38.2. The first kappa shape index (κ1) is 18.3. The molecule has 0 saturated heterocycles. The van der Waals surface area contributed by atoms with E-state index >= 15 is 0 Å². The van der Waals surface area contributed by atoms with Crippen molar-refractivity contribution in [2.75, 3.05) is 6.54 Å². The average molecular weight is 383 g/mol. The average Bonchev–Trinajstić information content (AvgIpc) is 3.02. The van der Waals surface area contributed by atoms with Gasteiger partial charge in [-0.3, -0.25) is 4.79 Å². The molecule has 3 rings (SSSR count). The second kappa shape index (κ2) is 7.01. The molecule has 0 fully saturated rings. The molecule has 1 aromatic heterocycles. The van der Waals surface area contributed by atoms with E-state index in [2.05, 4.69) is 10.3 Å². The van der Waals surface area contributed by atoms with E-state index in [1.165, 1.54) is 12.1 Å². The van der Waals surface area contributed by atoms with E-state index in [0.717, 1.165) is 12.1 Å². The van der Waals surface area contributed by atoms with Gasteiger partial charge in [-0.1, -0.05) is 29.8 Å². The molecule has 1 amide bonds. The maximum Gasteiger partial charge on any atom is 0.416 e. The number of halogens is 4. The zero-order chi connectivity index (χ0) is 18.9. The standard InChI is InChI=1S/C18H14ClF3N2O2/c19-13-5-2-10(3-6-13)16(25)9-23-17(26)15-7-11-1-4-12(18(20,21)22)8-14(11)24-15/h1-8,16,24-25H,9H2,(H,23,26). The molecule has 3 aromatic rings. The molecule has 0 aliphatic rings. The molecule has 0 bridgehead atoms. The number of alkyl halides is 3. The van der Waals surface area contributed by atoms with Gasteiger partial charge in [0.25, 0.3) is 5.91 Å². The van der Waals surface area contributed by atoms with Gasteiger partial charge in [0.15, 0.2) is 0 Å². The van der Waals surface area contributed by atoms with Gasteiger partial charge in [-0.15, -0.1) is 0 Å². The van der Waals surface area contributed by atoms with Gasteiger partial charge in [0.1, 0.15) is 5.69 Å². The number of rotatable bonds is 4. The molecule has 8 heteroatoms. The molecule has 2 aromatic carbocycles. The minimum Gasteiger partial charge on any atom is -0.387 e. The quantitative estimate of drug-likeness (QED) is 0.629. The van der Waals surface area contributed by atoms with E-state index in [1.54, 1.807) is 24.3 Å². The number of carbonyl (C=O) groups is 1. The van der Waals surface area contributed by atoms with Crippen molar-refractivity contribution in [1.29, 1.82) is 0 Å². The Morgan fingerprint density at radius 1 is 1.15 bits per heavy atom. The van der Waals surface area contributed by atoms with Crippen LogP contribution in [0.4, 0.5) is 13.2 Å². The fourth-order valence-corrected chi connectivity index (χ4v) is 2.64. The first-order valence-corrected chi connectivity index (χ1v) is 8.03. The normalized spacial score (nSPS) is 13.0. The minimum atomic E-state index is -4.45. The van der Waals surface area contributed by atoms with Gasteiger partial charge < -0.3 is 15.4 Å². The van der Waals surface area contributed by atoms with Gasteiger partial charge in [0, 0.05) is 22.5 Å². The Morgan fingerprint density at radius 3 is 2.50 bits per heavy atom. The fraction of sp³-hybridized carbons (Fsp3) is 0.167. The molecule has 26 heavy (non-hydrogen) atoms. The van der Waals surface area contributed by atoms with Crippen LogP contribution >= 0.6 is 11.6 Å². The van der Waals surface area contributed by atoms with Gasteiger partial charge >= 0.3 is 6.18 Å². The van der Waals surface area contributed by atoms with Crippen LogP contribution in [0.3, 0.4) is 0 Å². The van der Waals surface area contributed by atoms with Gasteiger partial charge in [0.2, 0.25) is 0 Å². The molecule has 1 unspecified atom stereocenters. The van der Waals surface area contributed by atoms with E-state index in [9.17, 15) is 23.1 Å². The van der Waals surface area contributed by atoms with E-state index in [-0.39, 0.29) is 17.8 Å². The molecule has 136 valence electrons. The van der Waals surface area contributed by atoms with Crippen molar-refractivity contribution in [1.82, 2.24) is 10.3 Å². The van der Waals surface area contributed by atoms with Gasteiger partial charge in [-0.05, 0) is 35.9 Å². The van der Waals surface area contributed by atoms with E-state index in [1.807, 2.05) is 0 Å². The van der Waals surface area contributed by atoms with Crippen LogP contribution in [-0.2, 0) is 6.18 Å². The highest BCUT2D eigenvalue weighted by molar-refractivity contribution is 6.30. The second-order valence-corrected chi connectivity index (χ2v) is 6.20. The summed E-state index contributed by atoms with van der Waals surface area (Å²) in [6, 6.07) is 11.2. The minimum absolute atomic E-state index is 0.0520. The summed E-state index contributed by atoms with van der Waals surface area (Å²) in [6.07, 6.45) is -5.39. The number of amides is 1. The summed E-state index contributed by atoms with van der Waals surface area (Å²) in [5.41, 5.74) is 0.115. The summed E-state index contributed by atoms with van der Waals surface area (Å²) in [5, 5.41) is 13.6. The Hall–Kier alpha value is -2.51. The van der Waals surface area contributed by atoms with Crippen molar-refractivity contribution >= 4 is 28.4 Å². The molecule has 0 radical (unpaired) electrons. The molecule has 1 atom stereocenters. The van der Waals surface area contributed by atoms with E-state index in [0.29, 0.717) is 16.0 Å². The summed E-state index contributed by atoms with van der Waals surface area (Å²) in [4.78, 5) is 14.9. The number of nitrogens with one attached hydrogen (secondary N) is 2. The molecular formula is C18H14ClF3N2O2. The third-order valence-electron chi connectivity index (χ3n) is 3.91. The molecule has 4 nitrogen and oxygen atoms in total. The van der Waals surface area contributed by atoms with Gasteiger partial charge in [-0.25, -0.2) is 0 Å². The predicted molar refractivity (Wildman–Crippen MR) is 92.0 cm³/mol. The summed E-state index contributed by atoms with van der Waals surface area (Å²) in [7, 11) is 0. The van der Waals surface area contributed by atoms with Crippen LogP contribution in [0.2, 0.25) is 5.02 Å². The Morgan fingerprint density at radius 2 is 1.85 bits per heavy atom. The first-order valence-electron chi connectivity index (χ1n) is 7.66. The number of carbonyl (C=O) groups excluding carboxylic acids is 1. The van der Waals surface area contributed by atoms with Crippen LogP contribution in [0.25, 0.3) is 10.9 Å². The van der Waals surface area contributed by atoms with Crippen molar-refractivity contribution in [2.24, 2.45) is 0 Å². The van der Waals surface area contributed by atoms with Crippen LogP contribution in [0.15, 0.2) is 48.5 Å². The van der Waals surface area contributed by atoms with Crippen LogP contribution in [0.1, 0.15) is 27.7 Å². The third-order valence-corrected chi connectivity index (χ3v) is 4.16. The SMILES string of the molecule is O=C(NCC(O)c1ccc(Cl)cc1)c1cc2ccc(C(F)(F)F)cc2[nH]1. The van der Waals surface area contributed by atoms with Crippen LogP contribution in [0.5, 0.6) is 0 Å². The van der Waals surface area contributed by atoms with Crippen LogP contribution in [0, 0.1) is 0 Å². The van der Waals surface area contributed by atoms with Crippen LogP contribution < -0.4 is 5.32 Å². The summed E-state index contributed by atoms with van der Waals surface area (Å²) in [5.74, 6) is -0.525. The monoisotopic (exact) mass is 382 g/mol. The highest BCUT2D eigenvalue weighted by Crippen LogP contribution is 2.31. The lowest BCUT2D eigenvalue weighted by Gasteiger charge is -2.11. The number of aromatic amines is 1. The van der Waals surface area contributed by atoms with E-state index in [4.69, 9.17) is 11.6 Å². The molecule has 0 saturated carbocycles. The number of hydrogen-bond donors (Lipinski definition) is 3. The van der Waals surface area contributed by atoms with Crippen molar-refractivity contribution in [3.63, 3.8) is 0 Å². The zero-order valence-electron chi connectivity index (χ0n) is 13.3. The molecule has 0 aliphatic carbocycles. The first-order chi connectivity index (χ1) is 12.2. The van der Waals surface area contributed by atoms with Crippen molar-refractivity contribution in [3.8, 4) is 0 Å². The summed E-state index contributed by atoms with van der Waals surface area (Å²) in [6.45, 7) is -0.0520. The lowest BCUT2D eigenvalue weighted by molar-refractivity contribution is -0.137. The predicted octanol–water partition coefficient (Wildman–Crippen LogP) is 4.30. The number of aliphatic hydroxyl groups excluding tert-OH is 1. The third kappa shape index (κ3) is 4.00. The number of aromatic nitrogens is 1. The highest BCUT2D eigenvalue weighted by Gasteiger charge is 2.30. The largest absolute Gasteiger partial charge is 0.416 e. The summed E-state index contributed by atoms with van der Waals surface area (Å²) >= 11 is 5.78. The number of aliphatic hydroxyl groups is 1. The Kier molecular flexibility index (Phi) is 4.93. The molecular weight excluding hydrogens is 369 g/mol. The Bertz CT molecular complexity index is 936. The van der Waals surface area contributed by atoms with Crippen molar-refractivity contribution < 1.29 is 23.1 Å². The molecule has 3 N–H and O–H groups in total. The Labute approximate surface area is 151 Å².